The Bertz CT molecular complexity index is 1750. The summed E-state index contributed by atoms with van der Waals surface area (Å²) in [5, 5.41) is 12.6. The lowest BCUT2D eigenvalue weighted by Gasteiger charge is -2.10. The Kier molecular flexibility index (Phi) is 8.11. The second-order valence-electron chi connectivity index (χ2n) is 7.37. The van der Waals surface area contributed by atoms with Crippen molar-refractivity contribution in [3.05, 3.63) is 42.1 Å². The van der Waals surface area contributed by atoms with E-state index in [1.54, 1.807) is 12.1 Å². The molecule has 0 aliphatic carbocycles. The van der Waals surface area contributed by atoms with Crippen LogP contribution in [-0.4, -0.2) is 47.3 Å². The summed E-state index contributed by atoms with van der Waals surface area (Å²) in [6.07, 6.45) is 0. The zero-order valence-corrected chi connectivity index (χ0v) is 22.7. The first-order chi connectivity index (χ1) is 17.9. The quantitative estimate of drug-likeness (QED) is 0.0508. The van der Waals surface area contributed by atoms with Crippen LogP contribution in [0.2, 0.25) is 0 Å². The van der Waals surface area contributed by atoms with Gasteiger partial charge < -0.3 is 5.73 Å². The number of aromatic nitrogens is 3. The van der Waals surface area contributed by atoms with Crippen LogP contribution in [0.1, 0.15) is 12.6 Å². The highest BCUT2D eigenvalue weighted by atomic mass is 32.2. The van der Waals surface area contributed by atoms with E-state index in [-0.39, 0.29) is 22.3 Å². The van der Waals surface area contributed by atoms with Crippen LogP contribution in [0.5, 0.6) is 0 Å². The molecule has 0 saturated heterocycles. The van der Waals surface area contributed by atoms with Crippen molar-refractivity contribution in [2.75, 3.05) is 12.3 Å². The number of anilines is 1. The second kappa shape index (κ2) is 11.0. The van der Waals surface area contributed by atoms with E-state index in [0.29, 0.717) is 12.1 Å². The number of hydrogen-bond donors (Lipinski definition) is 4. The first kappa shape index (κ1) is 28.0. The molecule has 0 spiro atoms. The highest BCUT2D eigenvalue weighted by Crippen LogP contribution is 2.36. The van der Waals surface area contributed by atoms with Gasteiger partial charge in [-0.05, 0) is 43.3 Å². The number of nitrogen functional groups attached to an aromatic ring is 1. The molecule has 0 fully saturated rings. The molecular formula is C19H19N7O8S4. The van der Waals surface area contributed by atoms with Crippen LogP contribution in [0, 0.1) is 6.92 Å². The van der Waals surface area contributed by atoms with Gasteiger partial charge in [0.25, 0.3) is 20.2 Å². The fourth-order valence-corrected chi connectivity index (χ4v) is 5.61. The van der Waals surface area contributed by atoms with E-state index in [1.165, 1.54) is 18.3 Å². The average molecular weight is 602 g/mol. The number of nitrogens with two attached hydrogens (primary N) is 1. The van der Waals surface area contributed by atoms with Crippen LogP contribution >= 0.6 is 23.4 Å². The Morgan fingerprint density at radius 2 is 1.89 bits per heavy atom. The number of hydroxylamine groups is 1. The monoisotopic (exact) mass is 601 g/mol. The number of azo groups is 1. The van der Waals surface area contributed by atoms with Crippen molar-refractivity contribution in [2.45, 2.75) is 28.5 Å². The van der Waals surface area contributed by atoms with Crippen molar-refractivity contribution in [2.24, 2.45) is 10.2 Å². The van der Waals surface area contributed by atoms with Crippen molar-refractivity contribution in [3.63, 3.8) is 0 Å². The molecule has 0 amide bonds. The Hall–Kier alpha value is -3.01. The molecule has 19 heteroatoms. The van der Waals surface area contributed by atoms with E-state index >= 15 is 0 Å². The highest BCUT2D eigenvalue weighted by molar-refractivity contribution is 7.94. The Morgan fingerprint density at radius 3 is 2.58 bits per heavy atom. The number of hydrogen-bond acceptors (Lipinski definition) is 14. The fraction of sp³-hybridized carbons (Fsp3) is 0.158. The van der Waals surface area contributed by atoms with Crippen LogP contribution in [0.25, 0.3) is 15.9 Å². The zero-order valence-electron chi connectivity index (χ0n) is 19.5. The molecule has 4 rings (SSSR count). The number of nitrogens with zero attached hydrogens (tertiary/aromatic N) is 5. The number of benzene rings is 2. The average Bonchev–Trinajstić information content (AvgIpc) is 3.38. The summed E-state index contributed by atoms with van der Waals surface area (Å²) in [6, 6.07) is 7.79. The molecule has 0 aliphatic heterocycles. The number of fused-ring (bicyclic) bond motifs is 1. The molecule has 2 heterocycles. The molecule has 4 aromatic rings. The van der Waals surface area contributed by atoms with Gasteiger partial charge in [-0.15, -0.1) is 19.6 Å². The summed E-state index contributed by atoms with van der Waals surface area (Å²) >= 11 is 2.23. The number of nitrogens with one attached hydrogen (secondary N) is 1. The van der Waals surface area contributed by atoms with Gasteiger partial charge in [0.05, 0.1) is 38.5 Å². The first-order valence-corrected chi connectivity index (χ1v) is 14.8. The topological polar surface area (TPSA) is 221 Å². The maximum Gasteiger partial charge on any atom is 0.296 e. The lowest BCUT2D eigenvalue weighted by molar-refractivity contribution is -0.243. The summed E-state index contributed by atoms with van der Waals surface area (Å²) in [5.41, 5.74) is 9.19. The standard InChI is InChI=1S/C19H19N7O8S4/c1-3-21-33-34-36-11-4-6-13-15(8-11)35-19(22-13)24-23-17-10(2)25-26(18(17)20)14-9-12(37(27,28)29)5-7-16(14)38(30,31)32/h4-9,21H,3,20H2,1-2H3,(H,27,28,29)(H,30,31,32). The van der Waals surface area contributed by atoms with Crippen LogP contribution in [0.3, 0.4) is 0 Å². The highest BCUT2D eigenvalue weighted by Gasteiger charge is 2.24. The van der Waals surface area contributed by atoms with Crippen molar-refractivity contribution in [3.8, 4) is 5.69 Å². The third-order valence-electron chi connectivity index (χ3n) is 4.75. The minimum atomic E-state index is -4.82. The predicted octanol–water partition coefficient (Wildman–Crippen LogP) is 3.76. The third-order valence-corrected chi connectivity index (χ3v) is 7.99. The lowest BCUT2D eigenvalue weighted by atomic mass is 10.3. The summed E-state index contributed by atoms with van der Waals surface area (Å²) in [7, 11) is -9.53. The van der Waals surface area contributed by atoms with Gasteiger partial charge in [-0.3, -0.25) is 9.11 Å². The molecule has 0 unspecified atom stereocenters. The SMILES string of the molecule is CCNOOSc1ccc2nc(N=Nc3c(C)nn(-c4cc(S(=O)(=O)O)ccc4S(=O)(=O)O)c3N)sc2c1. The van der Waals surface area contributed by atoms with E-state index < -0.39 is 35.7 Å². The van der Waals surface area contributed by atoms with Crippen LogP contribution in [0.4, 0.5) is 16.6 Å². The van der Waals surface area contributed by atoms with Crippen LogP contribution in [-0.2, 0) is 29.6 Å². The summed E-state index contributed by atoms with van der Waals surface area (Å²) in [5.74, 6) is -0.207. The maximum absolute atomic E-state index is 11.9. The molecule has 0 bridgehead atoms. The van der Waals surface area contributed by atoms with Crippen LogP contribution in [0.15, 0.2) is 61.3 Å². The van der Waals surface area contributed by atoms with Gasteiger partial charge in [0.15, 0.2) is 11.5 Å². The molecule has 2 aromatic carbocycles. The van der Waals surface area contributed by atoms with E-state index in [0.717, 1.165) is 44.5 Å². The first-order valence-electron chi connectivity index (χ1n) is 10.4. The predicted molar refractivity (Wildman–Crippen MR) is 138 cm³/mol. The molecule has 202 valence electrons. The van der Waals surface area contributed by atoms with Gasteiger partial charge in [0.1, 0.15) is 4.90 Å². The van der Waals surface area contributed by atoms with Crippen LogP contribution < -0.4 is 11.2 Å². The van der Waals surface area contributed by atoms with Gasteiger partial charge in [0, 0.05) is 11.4 Å². The largest absolute Gasteiger partial charge is 0.382 e. The summed E-state index contributed by atoms with van der Waals surface area (Å²) in [4.78, 5) is 8.56. The molecule has 5 N–H and O–H groups in total. The molecule has 0 atom stereocenters. The summed E-state index contributed by atoms with van der Waals surface area (Å²) in [6.45, 7) is 3.94. The molecule has 38 heavy (non-hydrogen) atoms. The normalized spacial score (nSPS) is 12.6. The number of thiazole rings is 1. The van der Waals surface area contributed by atoms with Crippen molar-refractivity contribution in [1.82, 2.24) is 20.2 Å². The molecule has 0 saturated carbocycles. The van der Waals surface area contributed by atoms with Crippen molar-refractivity contribution >= 4 is 70.5 Å². The Morgan fingerprint density at radius 1 is 1.13 bits per heavy atom. The minimum Gasteiger partial charge on any atom is -0.382 e. The number of aryl methyl sites for hydroxylation is 1. The molecule has 0 radical (unpaired) electrons. The molecular weight excluding hydrogens is 583 g/mol. The second-order valence-corrected chi connectivity index (χ2v) is 12.0. The fourth-order valence-electron chi connectivity index (χ4n) is 3.10. The Balaban J connectivity index is 1.67. The van der Waals surface area contributed by atoms with Crippen molar-refractivity contribution < 1.29 is 35.3 Å². The van der Waals surface area contributed by atoms with E-state index in [4.69, 9.17) is 15.1 Å². The molecule has 2 aromatic heterocycles. The van der Waals surface area contributed by atoms with Gasteiger partial charge in [0.2, 0.25) is 5.13 Å². The van der Waals surface area contributed by atoms with E-state index in [1.807, 2.05) is 13.0 Å². The minimum absolute atomic E-state index is 0.0491. The molecule has 15 nitrogen and oxygen atoms in total. The van der Waals surface area contributed by atoms with E-state index in [9.17, 15) is 25.9 Å². The van der Waals surface area contributed by atoms with Gasteiger partial charge >= 0.3 is 0 Å². The van der Waals surface area contributed by atoms with E-state index in [2.05, 4.69) is 25.8 Å². The zero-order chi connectivity index (χ0) is 27.7. The smallest absolute Gasteiger partial charge is 0.296 e. The third kappa shape index (κ3) is 6.17. The van der Waals surface area contributed by atoms with Gasteiger partial charge in [-0.1, -0.05) is 18.3 Å². The Labute approximate surface area is 224 Å². The number of rotatable bonds is 10. The summed E-state index contributed by atoms with van der Waals surface area (Å²) < 4.78 is 72.6. The molecule has 0 aliphatic rings. The maximum atomic E-state index is 11.9. The van der Waals surface area contributed by atoms with Gasteiger partial charge in [-0.25, -0.2) is 9.67 Å². The van der Waals surface area contributed by atoms with Gasteiger partial charge in [-0.2, -0.15) is 27.4 Å². The van der Waals surface area contributed by atoms with Crippen molar-refractivity contribution in [1.29, 1.82) is 0 Å². The lowest BCUT2D eigenvalue weighted by Crippen LogP contribution is -2.11.